The van der Waals surface area contributed by atoms with Crippen molar-refractivity contribution in [3.8, 4) is 0 Å². The van der Waals surface area contributed by atoms with Crippen LogP contribution in [0, 0.1) is 0 Å². The quantitative estimate of drug-likeness (QED) is 0.788. The molecule has 0 radical (unpaired) electrons. The topological polar surface area (TPSA) is 92.7 Å². The maximum absolute atomic E-state index is 12.2. The highest BCUT2D eigenvalue weighted by Gasteiger charge is 2.55. The molecule has 0 aliphatic carbocycles. The number of carbonyl (C=O) groups is 1. The van der Waals surface area contributed by atoms with Crippen molar-refractivity contribution in [3.63, 3.8) is 0 Å². The van der Waals surface area contributed by atoms with E-state index in [0.717, 1.165) is 0 Å². The maximum atomic E-state index is 12.2. The van der Waals surface area contributed by atoms with E-state index in [0.29, 0.717) is 6.61 Å². The van der Waals surface area contributed by atoms with Crippen molar-refractivity contribution in [1.29, 1.82) is 0 Å². The first kappa shape index (κ1) is 19.2. The van der Waals surface area contributed by atoms with Gasteiger partial charge in [0.15, 0.2) is 23.1 Å². The molecule has 3 aliphatic rings. The molecule has 0 bridgehead atoms. The third-order valence-corrected chi connectivity index (χ3v) is 4.50. The van der Waals surface area contributed by atoms with E-state index < -0.39 is 47.9 Å². The summed E-state index contributed by atoms with van der Waals surface area (Å²) < 4.78 is 34.3. The summed E-state index contributed by atoms with van der Waals surface area (Å²) in [6.45, 7) is 10.7. The Morgan fingerprint density at radius 1 is 0.920 bits per heavy atom. The predicted molar refractivity (Wildman–Crippen MR) is 84.6 cm³/mol. The van der Waals surface area contributed by atoms with Crippen LogP contribution in [-0.4, -0.2) is 72.0 Å². The van der Waals surface area contributed by atoms with Gasteiger partial charge in [-0.1, -0.05) is 0 Å². The molecule has 8 nitrogen and oxygen atoms in total. The van der Waals surface area contributed by atoms with Gasteiger partial charge in [0, 0.05) is 0 Å². The number of rotatable bonds is 3. The van der Waals surface area contributed by atoms with Crippen LogP contribution in [0.5, 0.6) is 0 Å². The van der Waals surface area contributed by atoms with Crippen LogP contribution >= 0.6 is 0 Å². The van der Waals surface area contributed by atoms with Gasteiger partial charge < -0.3 is 33.5 Å². The third kappa shape index (κ3) is 4.05. The minimum atomic E-state index is -1.21. The molecular weight excluding hydrogens is 332 g/mol. The van der Waals surface area contributed by atoms with Crippen molar-refractivity contribution in [2.75, 3.05) is 13.2 Å². The second-order valence-electron chi connectivity index (χ2n) is 8.12. The van der Waals surface area contributed by atoms with Crippen molar-refractivity contribution in [3.05, 3.63) is 0 Å². The van der Waals surface area contributed by atoms with Crippen molar-refractivity contribution >= 4 is 5.78 Å². The van der Waals surface area contributed by atoms with Crippen LogP contribution in [0.4, 0.5) is 0 Å². The lowest BCUT2D eigenvalue weighted by molar-refractivity contribution is -0.278. The van der Waals surface area contributed by atoms with Crippen molar-refractivity contribution < 1.29 is 38.3 Å². The van der Waals surface area contributed by atoms with Gasteiger partial charge >= 0.3 is 0 Å². The van der Waals surface area contributed by atoms with Gasteiger partial charge in [-0.05, 0) is 41.5 Å². The molecule has 0 aromatic rings. The van der Waals surface area contributed by atoms with Crippen LogP contribution in [0.2, 0.25) is 0 Å². The van der Waals surface area contributed by atoms with Crippen molar-refractivity contribution in [2.45, 2.75) is 89.4 Å². The first-order chi connectivity index (χ1) is 11.4. The summed E-state index contributed by atoms with van der Waals surface area (Å²) in [5.41, 5.74) is 0. The van der Waals surface area contributed by atoms with Gasteiger partial charge in [0.2, 0.25) is 0 Å². The van der Waals surface area contributed by atoms with Crippen molar-refractivity contribution in [1.82, 2.24) is 0 Å². The van der Waals surface area contributed by atoms with E-state index in [2.05, 4.69) is 0 Å². The fourth-order valence-electron chi connectivity index (χ4n) is 3.41. The molecule has 3 saturated heterocycles. The molecule has 0 spiro atoms. The maximum Gasteiger partial charge on any atom is 0.190 e. The van der Waals surface area contributed by atoms with E-state index in [4.69, 9.17) is 28.4 Å². The fraction of sp³-hybridized carbons (Fsp3) is 0.941. The number of Topliss-reactive ketones (excluding diaryl/α,β-unsaturated/α-hetero) is 1. The minimum absolute atomic E-state index is 0.119. The highest BCUT2D eigenvalue weighted by molar-refractivity contribution is 5.85. The number of aliphatic hydroxyl groups is 1. The molecule has 0 unspecified atom stereocenters. The number of ketones is 1. The van der Waals surface area contributed by atoms with Gasteiger partial charge in [-0.25, -0.2) is 0 Å². The molecule has 0 aromatic carbocycles. The summed E-state index contributed by atoms with van der Waals surface area (Å²) in [5.74, 6) is -2.94. The zero-order valence-electron chi connectivity index (χ0n) is 15.6. The Labute approximate surface area is 147 Å². The summed E-state index contributed by atoms with van der Waals surface area (Å²) in [6.07, 6.45) is -4.06. The second kappa shape index (κ2) is 6.23. The summed E-state index contributed by atoms with van der Waals surface area (Å²) in [6, 6.07) is 0. The molecule has 3 aliphatic heterocycles. The minimum Gasteiger partial charge on any atom is -0.387 e. The second-order valence-corrected chi connectivity index (χ2v) is 8.12. The monoisotopic (exact) mass is 360 g/mol. The SMILES string of the molecule is CC1(C)O[C@H]([C@H](O)[C@@H]2OC(C)(C)OCC2=O)[C@@H]([C@H]2COC(C)(C)O2)O1. The first-order valence-corrected chi connectivity index (χ1v) is 8.59. The van der Waals surface area contributed by atoms with Gasteiger partial charge in [-0.15, -0.1) is 0 Å². The molecular formula is C17H28O8. The van der Waals surface area contributed by atoms with Crippen LogP contribution in [0.25, 0.3) is 0 Å². The highest BCUT2D eigenvalue weighted by atomic mass is 16.8. The summed E-state index contributed by atoms with van der Waals surface area (Å²) in [4.78, 5) is 12.2. The van der Waals surface area contributed by atoms with E-state index in [9.17, 15) is 9.90 Å². The summed E-state index contributed by atoms with van der Waals surface area (Å²) in [7, 11) is 0. The lowest BCUT2D eigenvalue weighted by atomic mass is 9.96. The predicted octanol–water partition coefficient (Wildman–Crippen LogP) is 0.739. The largest absolute Gasteiger partial charge is 0.387 e. The number of aliphatic hydroxyl groups excluding tert-OH is 1. The Balaban J connectivity index is 1.79. The Morgan fingerprint density at radius 3 is 2.16 bits per heavy atom. The molecule has 3 fully saturated rings. The molecule has 8 heteroatoms. The lowest BCUT2D eigenvalue weighted by Crippen LogP contribution is -2.57. The van der Waals surface area contributed by atoms with E-state index in [-0.39, 0.29) is 12.4 Å². The van der Waals surface area contributed by atoms with Gasteiger partial charge in [0.25, 0.3) is 0 Å². The van der Waals surface area contributed by atoms with Crippen LogP contribution in [0.3, 0.4) is 0 Å². The molecule has 3 rings (SSSR count). The summed E-state index contributed by atoms with van der Waals surface area (Å²) in [5, 5.41) is 10.9. The van der Waals surface area contributed by atoms with Crippen LogP contribution < -0.4 is 0 Å². The van der Waals surface area contributed by atoms with Crippen LogP contribution in [0.1, 0.15) is 41.5 Å². The molecule has 0 saturated carbocycles. The zero-order chi connectivity index (χ0) is 18.6. The van der Waals surface area contributed by atoms with E-state index in [1.165, 1.54) is 0 Å². The normalized spacial score (nSPS) is 41.0. The Kier molecular flexibility index (Phi) is 4.77. The molecule has 1 N–H and O–H groups in total. The summed E-state index contributed by atoms with van der Waals surface area (Å²) >= 11 is 0. The van der Waals surface area contributed by atoms with E-state index in [1.807, 2.05) is 13.8 Å². The number of hydrogen-bond donors (Lipinski definition) is 1. The van der Waals surface area contributed by atoms with E-state index in [1.54, 1.807) is 27.7 Å². The van der Waals surface area contributed by atoms with Gasteiger partial charge in [-0.2, -0.15) is 0 Å². The number of hydrogen-bond acceptors (Lipinski definition) is 8. The smallest absolute Gasteiger partial charge is 0.190 e. The standard InChI is InChI=1S/C17H28O8/c1-15(2)21-8-10(22-15)13-14(25-17(5,6)24-13)11(19)12-9(18)7-20-16(3,4)23-12/h10-14,19H,7-8H2,1-6H3/t10-,11-,12-,13-,14-/m1/s1. The first-order valence-electron chi connectivity index (χ1n) is 8.59. The zero-order valence-corrected chi connectivity index (χ0v) is 15.6. The third-order valence-electron chi connectivity index (χ3n) is 4.50. The molecule has 144 valence electrons. The average Bonchev–Trinajstić information content (AvgIpc) is 3.00. The highest BCUT2D eigenvalue weighted by Crippen LogP contribution is 2.38. The number of carbonyl (C=O) groups excluding carboxylic acids is 1. The Bertz CT molecular complexity index is 529. The van der Waals surface area contributed by atoms with E-state index >= 15 is 0 Å². The Hall–Kier alpha value is -0.610. The average molecular weight is 360 g/mol. The fourth-order valence-corrected chi connectivity index (χ4v) is 3.41. The number of ether oxygens (including phenoxy) is 6. The Morgan fingerprint density at radius 2 is 1.56 bits per heavy atom. The van der Waals surface area contributed by atoms with Crippen LogP contribution in [0.15, 0.2) is 0 Å². The lowest BCUT2D eigenvalue weighted by Gasteiger charge is -2.39. The molecule has 5 atom stereocenters. The van der Waals surface area contributed by atoms with Gasteiger partial charge in [0.05, 0.1) is 6.61 Å². The van der Waals surface area contributed by atoms with Gasteiger partial charge in [-0.3, -0.25) is 4.79 Å². The molecule has 25 heavy (non-hydrogen) atoms. The van der Waals surface area contributed by atoms with Crippen LogP contribution in [-0.2, 0) is 33.2 Å². The molecule has 0 amide bonds. The van der Waals surface area contributed by atoms with Gasteiger partial charge in [0.1, 0.15) is 37.1 Å². The van der Waals surface area contributed by atoms with Crippen molar-refractivity contribution in [2.24, 2.45) is 0 Å². The molecule has 3 heterocycles. The molecule has 0 aromatic heterocycles.